The second-order valence-electron chi connectivity index (χ2n) is 7.02. The summed E-state index contributed by atoms with van der Waals surface area (Å²) < 4.78 is 53.9. The monoisotopic (exact) mass is 408 g/mol. The number of sulfonamides is 1. The number of amides is 1. The number of carbonyl (C=O) groups is 1. The van der Waals surface area contributed by atoms with Crippen LogP contribution in [0.1, 0.15) is 42.1 Å². The highest BCUT2D eigenvalue weighted by Crippen LogP contribution is 2.27. The van der Waals surface area contributed by atoms with Crippen molar-refractivity contribution in [1.82, 2.24) is 4.31 Å². The van der Waals surface area contributed by atoms with Crippen LogP contribution in [0.4, 0.5) is 14.5 Å². The number of hydrogen-bond donors (Lipinski definition) is 1. The Morgan fingerprint density at radius 2 is 1.86 bits per heavy atom. The summed E-state index contributed by atoms with van der Waals surface area (Å²) in [4.78, 5) is 12.7. The minimum absolute atomic E-state index is 0.0438. The van der Waals surface area contributed by atoms with Crippen molar-refractivity contribution < 1.29 is 22.0 Å². The van der Waals surface area contributed by atoms with Crippen LogP contribution in [0.2, 0.25) is 0 Å². The molecule has 28 heavy (non-hydrogen) atoms. The minimum atomic E-state index is -3.73. The molecule has 1 fully saturated rings. The lowest BCUT2D eigenvalue weighted by Gasteiger charge is -2.32. The Morgan fingerprint density at radius 1 is 1.11 bits per heavy atom. The molecule has 8 heteroatoms. The van der Waals surface area contributed by atoms with Gasteiger partial charge in [-0.2, -0.15) is 4.31 Å². The fourth-order valence-corrected chi connectivity index (χ4v) is 5.07. The molecule has 0 aliphatic carbocycles. The number of halogens is 2. The number of piperidine rings is 1. The number of rotatable bonds is 4. The highest BCUT2D eigenvalue weighted by molar-refractivity contribution is 7.89. The average molecular weight is 408 g/mol. The largest absolute Gasteiger partial charge is 0.322 e. The number of hydrogen-bond acceptors (Lipinski definition) is 3. The first-order valence-corrected chi connectivity index (χ1v) is 10.5. The van der Waals surface area contributed by atoms with Crippen molar-refractivity contribution in [3.8, 4) is 0 Å². The molecule has 1 aliphatic rings. The van der Waals surface area contributed by atoms with E-state index in [1.165, 1.54) is 22.5 Å². The van der Waals surface area contributed by atoms with Gasteiger partial charge < -0.3 is 5.32 Å². The Kier molecular flexibility index (Phi) is 5.81. The quantitative estimate of drug-likeness (QED) is 0.829. The van der Waals surface area contributed by atoms with Crippen LogP contribution in [0.15, 0.2) is 41.3 Å². The van der Waals surface area contributed by atoms with E-state index in [-0.39, 0.29) is 22.2 Å². The number of nitrogens with one attached hydrogen (secondary N) is 1. The van der Waals surface area contributed by atoms with E-state index in [2.05, 4.69) is 5.32 Å². The first-order chi connectivity index (χ1) is 13.2. The van der Waals surface area contributed by atoms with E-state index in [1.54, 1.807) is 13.0 Å². The second-order valence-corrected chi connectivity index (χ2v) is 8.91. The summed E-state index contributed by atoms with van der Waals surface area (Å²) in [6, 6.07) is 7.32. The van der Waals surface area contributed by atoms with E-state index in [9.17, 15) is 22.0 Å². The molecule has 3 rings (SSSR count). The zero-order valence-electron chi connectivity index (χ0n) is 15.7. The van der Waals surface area contributed by atoms with E-state index < -0.39 is 27.6 Å². The molecule has 0 saturated carbocycles. The zero-order valence-corrected chi connectivity index (χ0v) is 16.5. The van der Waals surface area contributed by atoms with Gasteiger partial charge in [0.1, 0.15) is 0 Å². The summed E-state index contributed by atoms with van der Waals surface area (Å²) in [6.45, 7) is 4.01. The number of aryl methyl sites for hydroxylation is 1. The third kappa shape index (κ3) is 4.07. The summed E-state index contributed by atoms with van der Waals surface area (Å²) in [5.41, 5.74) is 0.822. The Balaban J connectivity index is 1.90. The highest BCUT2D eigenvalue weighted by atomic mass is 32.2. The number of carbonyl (C=O) groups excluding carboxylic acids is 1. The van der Waals surface area contributed by atoms with E-state index in [4.69, 9.17) is 0 Å². The second kappa shape index (κ2) is 7.97. The maximum Gasteiger partial charge on any atom is 0.255 e. The molecular weight excluding hydrogens is 386 g/mol. The third-order valence-electron chi connectivity index (χ3n) is 4.98. The van der Waals surface area contributed by atoms with E-state index in [0.717, 1.165) is 31.4 Å². The van der Waals surface area contributed by atoms with Gasteiger partial charge in [-0.05, 0) is 56.5 Å². The smallest absolute Gasteiger partial charge is 0.255 e. The molecule has 1 unspecified atom stereocenters. The molecule has 1 N–H and O–H groups in total. The fourth-order valence-electron chi connectivity index (χ4n) is 3.34. The Hall–Kier alpha value is -2.32. The molecule has 2 aromatic carbocycles. The van der Waals surface area contributed by atoms with Gasteiger partial charge in [-0.1, -0.05) is 12.5 Å². The van der Waals surface area contributed by atoms with Crippen LogP contribution in [-0.2, 0) is 10.0 Å². The number of benzene rings is 2. The maximum absolute atomic E-state index is 13.4. The number of anilines is 1. The molecule has 0 spiro atoms. The molecule has 1 atom stereocenters. The predicted molar refractivity (Wildman–Crippen MR) is 103 cm³/mol. The summed E-state index contributed by atoms with van der Waals surface area (Å²) >= 11 is 0. The van der Waals surface area contributed by atoms with Crippen LogP contribution < -0.4 is 5.32 Å². The van der Waals surface area contributed by atoms with Gasteiger partial charge >= 0.3 is 0 Å². The van der Waals surface area contributed by atoms with E-state index in [1.807, 2.05) is 6.92 Å². The first-order valence-electron chi connectivity index (χ1n) is 9.09. The molecule has 5 nitrogen and oxygen atoms in total. The summed E-state index contributed by atoms with van der Waals surface area (Å²) in [7, 11) is -3.73. The van der Waals surface area contributed by atoms with Gasteiger partial charge in [0, 0.05) is 29.9 Å². The lowest BCUT2D eigenvalue weighted by Crippen LogP contribution is -2.42. The molecule has 150 valence electrons. The molecule has 0 aromatic heterocycles. The predicted octanol–water partition coefficient (Wildman–Crippen LogP) is 4.09. The Labute approximate surface area is 163 Å². The van der Waals surface area contributed by atoms with E-state index >= 15 is 0 Å². The van der Waals surface area contributed by atoms with E-state index in [0.29, 0.717) is 12.1 Å². The minimum Gasteiger partial charge on any atom is -0.322 e. The molecule has 1 amide bonds. The lowest BCUT2D eigenvalue weighted by molar-refractivity contribution is 0.102. The standard InChI is InChI=1S/C20H22F2N2O3S/c1-13-6-8-16(28(26,27)24-10-4-3-5-14(24)2)12-17(13)20(25)23-15-7-9-18(21)19(22)11-15/h6-9,11-12,14H,3-5,10H2,1-2H3,(H,23,25). The lowest BCUT2D eigenvalue weighted by atomic mass is 10.1. The Bertz CT molecular complexity index is 1010. The summed E-state index contributed by atoms with van der Waals surface area (Å²) in [6.07, 6.45) is 2.59. The fraction of sp³-hybridized carbons (Fsp3) is 0.350. The molecule has 1 aliphatic heterocycles. The first kappa shape index (κ1) is 20.4. The van der Waals surface area contributed by atoms with Crippen LogP contribution in [0, 0.1) is 18.6 Å². The topological polar surface area (TPSA) is 66.5 Å². The van der Waals surface area contributed by atoms with Crippen LogP contribution in [0.3, 0.4) is 0 Å². The van der Waals surface area contributed by atoms with Crippen molar-refractivity contribution in [2.75, 3.05) is 11.9 Å². The van der Waals surface area contributed by atoms with Crippen molar-refractivity contribution in [3.05, 3.63) is 59.2 Å². The van der Waals surface area contributed by atoms with Gasteiger partial charge in [0.15, 0.2) is 11.6 Å². The van der Waals surface area contributed by atoms with Crippen molar-refractivity contribution in [2.24, 2.45) is 0 Å². The van der Waals surface area contributed by atoms with Gasteiger partial charge in [0.05, 0.1) is 4.90 Å². The third-order valence-corrected chi connectivity index (χ3v) is 6.99. The van der Waals surface area contributed by atoms with Gasteiger partial charge in [-0.15, -0.1) is 0 Å². The molecule has 1 heterocycles. The van der Waals surface area contributed by atoms with Gasteiger partial charge in [0.25, 0.3) is 5.91 Å². The zero-order chi connectivity index (χ0) is 20.5. The normalized spacial score (nSPS) is 18.1. The van der Waals surface area contributed by atoms with Gasteiger partial charge in [-0.25, -0.2) is 17.2 Å². The highest BCUT2D eigenvalue weighted by Gasteiger charge is 2.31. The molecule has 2 aromatic rings. The SMILES string of the molecule is Cc1ccc(S(=O)(=O)N2CCCCC2C)cc1C(=O)Nc1ccc(F)c(F)c1. The average Bonchev–Trinajstić information content (AvgIpc) is 2.65. The van der Waals surface area contributed by atoms with Crippen molar-refractivity contribution >= 4 is 21.6 Å². The van der Waals surface area contributed by atoms with Crippen molar-refractivity contribution in [1.29, 1.82) is 0 Å². The van der Waals surface area contributed by atoms with Gasteiger partial charge in [0.2, 0.25) is 10.0 Å². The van der Waals surface area contributed by atoms with Crippen molar-refractivity contribution in [2.45, 2.75) is 44.0 Å². The van der Waals surface area contributed by atoms with Crippen LogP contribution >= 0.6 is 0 Å². The molecule has 1 saturated heterocycles. The van der Waals surface area contributed by atoms with Crippen LogP contribution in [0.5, 0.6) is 0 Å². The van der Waals surface area contributed by atoms with Crippen LogP contribution in [-0.4, -0.2) is 31.2 Å². The number of nitrogens with zero attached hydrogens (tertiary/aromatic N) is 1. The Morgan fingerprint density at radius 3 is 2.54 bits per heavy atom. The van der Waals surface area contributed by atoms with Crippen LogP contribution in [0.25, 0.3) is 0 Å². The maximum atomic E-state index is 13.4. The molecule has 0 radical (unpaired) electrons. The van der Waals surface area contributed by atoms with Gasteiger partial charge in [-0.3, -0.25) is 4.79 Å². The summed E-state index contributed by atoms with van der Waals surface area (Å²) in [5.74, 6) is -2.69. The molecule has 0 bridgehead atoms. The molecular formula is C20H22F2N2O3S. The summed E-state index contributed by atoms with van der Waals surface area (Å²) in [5, 5.41) is 2.48. The van der Waals surface area contributed by atoms with Crippen molar-refractivity contribution in [3.63, 3.8) is 0 Å².